The van der Waals surface area contributed by atoms with Crippen LogP contribution in [-0.2, 0) is 4.74 Å². The number of fused-ring (bicyclic) bond motifs is 1. The fraction of sp³-hybridized carbons (Fsp3) is 0.200. The van der Waals surface area contributed by atoms with E-state index in [1.807, 2.05) is 36.6 Å². The number of rotatable bonds is 4. The number of ether oxygens (including phenoxy) is 1. The fourth-order valence-corrected chi connectivity index (χ4v) is 2.28. The summed E-state index contributed by atoms with van der Waals surface area (Å²) < 4.78 is 6.99. The summed E-state index contributed by atoms with van der Waals surface area (Å²) in [6, 6.07) is 5.88. The number of hydrogen-bond donors (Lipinski definition) is 0. The zero-order valence-corrected chi connectivity index (χ0v) is 12.9. The molecule has 0 atom stereocenters. The molecular weight excluding hydrogens is 302 g/mol. The van der Waals surface area contributed by atoms with Crippen molar-refractivity contribution >= 4 is 34.9 Å². The first-order chi connectivity index (χ1) is 10.7. The Hall–Kier alpha value is -2.47. The third kappa shape index (κ3) is 2.65. The maximum atomic E-state index is 6.03. The van der Waals surface area contributed by atoms with Gasteiger partial charge in [0.25, 0.3) is 0 Å². The van der Waals surface area contributed by atoms with E-state index in [0.29, 0.717) is 22.9 Å². The molecule has 0 fully saturated rings. The van der Waals surface area contributed by atoms with E-state index >= 15 is 0 Å². The Balaban J connectivity index is 2.01. The van der Waals surface area contributed by atoms with Gasteiger partial charge in [0.05, 0.1) is 12.3 Å². The first kappa shape index (κ1) is 14.5. The molecule has 22 heavy (non-hydrogen) atoms. The molecule has 0 N–H and O–H groups in total. The predicted octanol–water partition coefficient (Wildman–Crippen LogP) is 3.47. The largest absolute Gasteiger partial charge is 0.483 e. The van der Waals surface area contributed by atoms with E-state index in [4.69, 9.17) is 16.3 Å². The van der Waals surface area contributed by atoms with Crippen LogP contribution in [0.5, 0.6) is 0 Å². The van der Waals surface area contributed by atoms with Gasteiger partial charge in [-0.2, -0.15) is 0 Å². The van der Waals surface area contributed by atoms with Gasteiger partial charge in [-0.1, -0.05) is 11.6 Å². The fourth-order valence-electron chi connectivity index (χ4n) is 2.10. The topological polar surface area (TPSA) is 65.2 Å². The molecule has 0 aliphatic heterocycles. The van der Waals surface area contributed by atoms with Gasteiger partial charge in [0.1, 0.15) is 18.2 Å². The molecule has 0 unspecified atom stereocenters. The van der Waals surface area contributed by atoms with Crippen LogP contribution in [0.2, 0.25) is 5.15 Å². The normalized spacial score (nSPS) is 11.4. The smallest absolute Gasteiger partial charge is 0.174 e. The quantitative estimate of drug-likeness (QED) is 0.420. The molecule has 0 aliphatic rings. The molecule has 112 valence electrons. The molecule has 0 bridgehead atoms. The lowest BCUT2D eigenvalue weighted by Gasteiger charge is -2.07. The van der Waals surface area contributed by atoms with E-state index in [1.165, 1.54) is 12.7 Å². The summed E-state index contributed by atoms with van der Waals surface area (Å²) in [4.78, 5) is 16.7. The molecule has 2 aromatic heterocycles. The molecule has 0 saturated heterocycles. The molecule has 1 aromatic carbocycles. The molecule has 7 heteroatoms. The number of aromatic nitrogens is 4. The Morgan fingerprint density at radius 3 is 2.95 bits per heavy atom. The van der Waals surface area contributed by atoms with Gasteiger partial charge in [-0.25, -0.2) is 19.9 Å². The van der Waals surface area contributed by atoms with Crippen molar-refractivity contribution in [1.82, 2.24) is 19.5 Å². The lowest BCUT2D eigenvalue weighted by Crippen LogP contribution is -1.95. The molecule has 3 aromatic rings. The van der Waals surface area contributed by atoms with E-state index in [9.17, 15) is 0 Å². The van der Waals surface area contributed by atoms with Crippen molar-refractivity contribution in [3.05, 3.63) is 41.6 Å². The highest BCUT2D eigenvalue weighted by Crippen LogP contribution is 2.25. The van der Waals surface area contributed by atoms with Crippen LogP contribution < -0.4 is 0 Å². The maximum absolute atomic E-state index is 6.03. The summed E-state index contributed by atoms with van der Waals surface area (Å²) in [6.07, 6.45) is 4.57. The second kappa shape index (κ2) is 6.11. The SMILES string of the molecule is CCOC=Nc1ccc(-n2cnc3c(Cl)ncnc32)cc1C. The Morgan fingerprint density at radius 1 is 1.32 bits per heavy atom. The van der Waals surface area contributed by atoms with Gasteiger partial charge in [-0.05, 0) is 37.6 Å². The van der Waals surface area contributed by atoms with Crippen molar-refractivity contribution in [1.29, 1.82) is 0 Å². The van der Waals surface area contributed by atoms with Crippen molar-refractivity contribution in [2.75, 3.05) is 6.61 Å². The summed E-state index contributed by atoms with van der Waals surface area (Å²) in [6.45, 7) is 4.50. The maximum Gasteiger partial charge on any atom is 0.174 e. The monoisotopic (exact) mass is 315 g/mol. The van der Waals surface area contributed by atoms with Crippen molar-refractivity contribution in [3.63, 3.8) is 0 Å². The number of benzene rings is 1. The molecule has 6 nitrogen and oxygen atoms in total. The molecule has 0 aliphatic carbocycles. The van der Waals surface area contributed by atoms with Gasteiger partial charge in [-0.3, -0.25) is 4.57 Å². The van der Waals surface area contributed by atoms with Crippen molar-refractivity contribution in [2.45, 2.75) is 13.8 Å². The van der Waals surface area contributed by atoms with Crippen molar-refractivity contribution < 1.29 is 4.74 Å². The van der Waals surface area contributed by atoms with Crippen LogP contribution in [0.3, 0.4) is 0 Å². The summed E-state index contributed by atoms with van der Waals surface area (Å²) in [5.74, 6) is 0. The zero-order chi connectivity index (χ0) is 15.5. The van der Waals surface area contributed by atoms with E-state index in [-0.39, 0.29) is 0 Å². The molecule has 0 radical (unpaired) electrons. The zero-order valence-electron chi connectivity index (χ0n) is 12.2. The first-order valence-electron chi connectivity index (χ1n) is 6.79. The highest BCUT2D eigenvalue weighted by molar-refractivity contribution is 6.33. The first-order valence-corrected chi connectivity index (χ1v) is 7.17. The Labute approximate surface area is 132 Å². The van der Waals surface area contributed by atoms with Gasteiger partial charge < -0.3 is 4.74 Å². The molecule has 0 amide bonds. The van der Waals surface area contributed by atoms with Crippen LogP contribution in [0.1, 0.15) is 12.5 Å². The number of aryl methyl sites for hydroxylation is 1. The second-order valence-electron chi connectivity index (χ2n) is 4.61. The molecule has 2 heterocycles. The highest BCUT2D eigenvalue weighted by atomic mass is 35.5. The Bertz CT molecular complexity index is 843. The number of hydrogen-bond acceptors (Lipinski definition) is 5. The van der Waals surface area contributed by atoms with Gasteiger partial charge in [0.15, 0.2) is 17.2 Å². The van der Waals surface area contributed by atoms with Crippen LogP contribution in [-0.4, -0.2) is 32.5 Å². The summed E-state index contributed by atoms with van der Waals surface area (Å²) in [5.41, 5.74) is 4.07. The summed E-state index contributed by atoms with van der Waals surface area (Å²) in [5, 5.41) is 0.346. The standard InChI is InChI=1S/C15H14ClN5O/c1-3-22-9-20-12-5-4-11(6-10(12)2)21-8-19-13-14(16)17-7-18-15(13)21/h4-9H,3H2,1-2H3. The molecule has 0 saturated carbocycles. The minimum Gasteiger partial charge on any atom is -0.483 e. The van der Waals surface area contributed by atoms with Crippen molar-refractivity contribution in [3.8, 4) is 5.69 Å². The number of aliphatic imine (C=N–C) groups is 1. The van der Waals surface area contributed by atoms with E-state index in [2.05, 4.69) is 19.9 Å². The van der Waals surface area contributed by atoms with Crippen LogP contribution in [0.25, 0.3) is 16.9 Å². The average molecular weight is 316 g/mol. The van der Waals surface area contributed by atoms with Gasteiger partial charge in [0.2, 0.25) is 0 Å². The highest BCUT2D eigenvalue weighted by Gasteiger charge is 2.10. The minimum atomic E-state index is 0.346. The lowest BCUT2D eigenvalue weighted by molar-refractivity contribution is 0.344. The van der Waals surface area contributed by atoms with E-state index < -0.39 is 0 Å². The number of halogens is 1. The third-order valence-electron chi connectivity index (χ3n) is 3.18. The summed E-state index contributed by atoms with van der Waals surface area (Å²) in [7, 11) is 0. The van der Waals surface area contributed by atoms with Crippen LogP contribution in [0, 0.1) is 6.92 Å². The van der Waals surface area contributed by atoms with Crippen molar-refractivity contribution in [2.24, 2.45) is 4.99 Å². The van der Waals surface area contributed by atoms with Gasteiger partial charge >= 0.3 is 0 Å². The van der Waals surface area contributed by atoms with E-state index in [0.717, 1.165) is 16.9 Å². The second-order valence-corrected chi connectivity index (χ2v) is 4.97. The number of nitrogens with zero attached hydrogens (tertiary/aromatic N) is 5. The number of imidazole rings is 1. The lowest BCUT2D eigenvalue weighted by atomic mass is 10.2. The van der Waals surface area contributed by atoms with Crippen LogP contribution >= 0.6 is 11.6 Å². The predicted molar refractivity (Wildman–Crippen MR) is 86.2 cm³/mol. The summed E-state index contributed by atoms with van der Waals surface area (Å²) >= 11 is 6.03. The molecule has 3 rings (SSSR count). The Morgan fingerprint density at radius 2 is 2.18 bits per heavy atom. The average Bonchev–Trinajstić information content (AvgIpc) is 2.94. The molecule has 0 spiro atoms. The minimum absolute atomic E-state index is 0.346. The van der Waals surface area contributed by atoms with Crippen LogP contribution in [0.15, 0.2) is 35.8 Å². The van der Waals surface area contributed by atoms with Gasteiger partial charge in [0, 0.05) is 5.69 Å². The van der Waals surface area contributed by atoms with E-state index in [1.54, 1.807) is 6.33 Å². The van der Waals surface area contributed by atoms with Gasteiger partial charge in [-0.15, -0.1) is 0 Å². The Kier molecular flexibility index (Phi) is 4.02. The third-order valence-corrected chi connectivity index (χ3v) is 3.46. The van der Waals surface area contributed by atoms with Crippen LogP contribution in [0.4, 0.5) is 5.69 Å². The molecular formula is C15H14ClN5O.